The van der Waals surface area contributed by atoms with Gasteiger partial charge in [-0.15, -0.1) is 0 Å². The van der Waals surface area contributed by atoms with Crippen LogP contribution in [0.1, 0.15) is 16.1 Å². The van der Waals surface area contributed by atoms with E-state index in [1.54, 1.807) is 13.0 Å². The normalized spacial score (nSPS) is 10.6. The number of aryl methyl sites for hydroxylation is 1. The average molecular weight is 283 g/mol. The van der Waals surface area contributed by atoms with Crippen molar-refractivity contribution in [1.82, 2.24) is 9.97 Å². The Labute approximate surface area is 98.6 Å². The Kier molecular flexibility index (Phi) is 2.51. The highest BCUT2D eigenvalue weighted by molar-refractivity contribution is 9.10. The van der Waals surface area contributed by atoms with Gasteiger partial charge in [0.25, 0.3) is 5.78 Å². The molecule has 0 aliphatic carbocycles. The maximum absolute atomic E-state index is 11.5. The average Bonchev–Trinajstić information content (AvgIpc) is 2.55. The Morgan fingerprint density at radius 3 is 2.81 bits per heavy atom. The van der Waals surface area contributed by atoms with Crippen molar-refractivity contribution in [2.75, 3.05) is 0 Å². The van der Waals surface area contributed by atoms with Crippen molar-refractivity contribution in [3.63, 3.8) is 0 Å². The molecule has 0 aliphatic rings. The van der Waals surface area contributed by atoms with Gasteiger partial charge in [0.05, 0.1) is 11.1 Å². The fourth-order valence-electron chi connectivity index (χ4n) is 1.62. The van der Waals surface area contributed by atoms with Gasteiger partial charge >= 0.3 is 5.97 Å². The number of rotatable bonds is 2. The van der Waals surface area contributed by atoms with E-state index >= 15 is 0 Å². The molecule has 0 aromatic carbocycles. The topological polar surface area (TPSA) is 83.0 Å². The zero-order valence-electron chi connectivity index (χ0n) is 8.24. The smallest absolute Gasteiger partial charge is 0.377 e. The first kappa shape index (κ1) is 10.8. The lowest BCUT2D eigenvalue weighted by Gasteiger charge is -1.95. The van der Waals surface area contributed by atoms with Crippen LogP contribution in [0.4, 0.5) is 0 Å². The summed E-state index contributed by atoms with van der Waals surface area (Å²) < 4.78 is 0.553. The number of carboxylic acids is 1. The number of carbonyl (C=O) groups is 2. The molecule has 16 heavy (non-hydrogen) atoms. The number of aromatic nitrogens is 2. The zero-order chi connectivity index (χ0) is 11.9. The van der Waals surface area contributed by atoms with Crippen molar-refractivity contribution >= 4 is 38.6 Å². The number of fused-ring (bicyclic) bond motifs is 1. The lowest BCUT2D eigenvalue weighted by molar-refractivity contribution is -0.131. The number of aromatic amines is 1. The Bertz CT molecular complexity index is 603. The van der Waals surface area contributed by atoms with E-state index in [0.717, 1.165) is 0 Å². The number of hydrogen-bond donors (Lipinski definition) is 2. The highest BCUT2D eigenvalue weighted by Crippen LogP contribution is 2.26. The predicted octanol–water partition coefficient (Wildman–Crippen LogP) is 1.90. The largest absolute Gasteiger partial charge is 0.475 e. The van der Waals surface area contributed by atoms with E-state index in [9.17, 15) is 9.59 Å². The van der Waals surface area contributed by atoms with Gasteiger partial charge in [-0.2, -0.15) is 0 Å². The number of nitrogens with one attached hydrogen (secondary N) is 1. The summed E-state index contributed by atoms with van der Waals surface area (Å²) in [5.41, 5.74) is 1.34. The monoisotopic (exact) mass is 282 g/mol. The summed E-state index contributed by atoms with van der Waals surface area (Å²) in [5, 5.41) is 9.28. The molecule has 2 heterocycles. The van der Waals surface area contributed by atoms with Crippen molar-refractivity contribution in [2.24, 2.45) is 0 Å². The number of halogens is 1. The number of aliphatic carboxylic acids is 1. The number of hydrogen-bond acceptors (Lipinski definition) is 3. The van der Waals surface area contributed by atoms with Gasteiger partial charge in [-0.05, 0) is 28.9 Å². The molecule has 2 aromatic rings. The Morgan fingerprint density at radius 1 is 1.50 bits per heavy atom. The highest BCUT2D eigenvalue weighted by Gasteiger charge is 2.22. The summed E-state index contributed by atoms with van der Waals surface area (Å²) in [5.74, 6) is -2.38. The lowest BCUT2D eigenvalue weighted by Crippen LogP contribution is -2.13. The van der Waals surface area contributed by atoms with E-state index in [-0.39, 0.29) is 5.56 Å². The lowest BCUT2D eigenvalue weighted by atomic mass is 10.1. The van der Waals surface area contributed by atoms with E-state index in [1.807, 2.05) is 0 Å². The molecule has 0 atom stereocenters. The summed E-state index contributed by atoms with van der Waals surface area (Å²) >= 11 is 3.23. The molecule has 0 amide bonds. The van der Waals surface area contributed by atoms with E-state index in [4.69, 9.17) is 5.11 Å². The minimum atomic E-state index is -1.46. The quantitative estimate of drug-likeness (QED) is 0.501. The molecule has 0 radical (unpaired) electrons. The number of carbonyl (C=O) groups excluding carboxylic acids is 1. The first-order chi connectivity index (χ1) is 7.52. The van der Waals surface area contributed by atoms with Gasteiger partial charge in [0, 0.05) is 17.3 Å². The standard InChI is InChI=1S/C10H7BrN2O3/c1-4-6(8(14)10(15)16)5-2-3-12-9(11)7(5)13-4/h2-3,13H,1H3,(H,15,16). The molecule has 2 N–H and O–H groups in total. The van der Waals surface area contributed by atoms with Crippen LogP contribution in [0.15, 0.2) is 16.9 Å². The Balaban J connectivity index is 2.80. The minimum absolute atomic E-state index is 0.186. The highest BCUT2D eigenvalue weighted by atomic mass is 79.9. The van der Waals surface area contributed by atoms with Crippen LogP contribution in [0.25, 0.3) is 10.9 Å². The van der Waals surface area contributed by atoms with Crippen LogP contribution in [0.3, 0.4) is 0 Å². The molecule has 2 rings (SSSR count). The number of ketones is 1. The molecular formula is C10H7BrN2O3. The molecular weight excluding hydrogens is 276 g/mol. The SMILES string of the molecule is Cc1[nH]c2c(Br)nccc2c1C(=O)C(=O)O. The number of H-pyrrole nitrogens is 1. The maximum Gasteiger partial charge on any atom is 0.377 e. The van der Waals surface area contributed by atoms with Crippen molar-refractivity contribution in [3.8, 4) is 0 Å². The van der Waals surface area contributed by atoms with E-state index in [0.29, 0.717) is 21.2 Å². The van der Waals surface area contributed by atoms with Crippen LogP contribution in [0.5, 0.6) is 0 Å². The molecule has 2 aromatic heterocycles. The Morgan fingerprint density at radius 2 is 2.19 bits per heavy atom. The van der Waals surface area contributed by atoms with Crippen molar-refractivity contribution in [1.29, 1.82) is 0 Å². The molecule has 0 aliphatic heterocycles. The number of nitrogens with zero attached hydrogens (tertiary/aromatic N) is 1. The van der Waals surface area contributed by atoms with Gasteiger partial charge in [0.15, 0.2) is 0 Å². The van der Waals surface area contributed by atoms with Crippen molar-refractivity contribution in [2.45, 2.75) is 6.92 Å². The predicted molar refractivity (Wildman–Crippen MR) is 60.5 cm³/mol. The first-order valence-corrected chi connectivity index (χ1v) is 5.22. The van der Waals surface area contributed by atoms with Crippen LogP contribution in [0, 0.1) is 6.92 Å². The molecule has 0 spiro atoms. The fourth-order valence-corrected chi connectivity index (χ4v) is 2.05. The summed E-state index contributed by atoms with van der Waals surface area (Å²) in [6.07, 6.45) is 1.51. The van der Waals surface area contributed by atoms with Crippen LogP contribution in [0.2, 0.25) is 0 Å². The van der Waals surface area contributed by atoms with Crippen LogP contribution < -0.4 is 0 Å². The fraction of sp³-hybridized carbons (Fsp3) is 0.100. The van der Waals surface area contributed by atoms with Gasteiger partial charge in [0.2, 0.25) is 0 Å². The van der Waals surface area contributed by atoms with Crippen molar-refractivity contribution in [3.05, 3.63) is 28.1 Å². The molecule has 6 heteroatoms. The minimum Gasteiger partial charge on any atom is -0.475 e. The van der Waals surface area contributed by atoms with Gasteiger partial charge in [-0.25, -0.2) is 9.78 Å². The third-order valence-electron chi connectivity index (χ3n) is 2.28. The van der Waals surface area contributed by atoms with Crippen LogP contribution in [-0.2, 0) is 4.79 Å². The third-order valence-corrected chi connectivity index (χ3v) is 2.88. The number of carboxylic acid groups (broad SMARTS) is 1. The van der Waals surface area contributed by atoms with E-state index < -0.39 is 11.8 Å². The number of pyridine rings is 1. The molecule has 0 saturated carbocycles. The third kappa shape index (κ3) is 1.51. The van der Waals surface area contributed by atoms with Gasteiger partial charge in [-0.3, -0.25) is 4.79 Å². The summed E-state index contributed by atoms with van der Waals surface area (Å²) in [7, 11) is 0. The second kappa shape index (κ2) is 3.71. The molecule has 0 fully saturated rings. The number of Topliss-reactive ketones (excluding diaryl/α,β-unsaturated/α-hetero) is 1. The summed E-state index contributed by atoms with van der Waals surface area (Å²) in [6.45, 7) is 1.66. The maximum atomic E-state index is 11.5. The van der Waals surface area contributed by atoms with Crippen LogP contribution >= 0.6 is 15.9 Å². The van der Waals surface area contributed by atoms with Gasteiger partial charge < -0.3 is 10.1 Å². The van der Waals surface area contributed by atoms with E-state index in [1.165, 1.54) is 6.20 Å². The van der Waals surface area contributed by atoms with Gasteiger partial charge in [-0.1, -0.05) is 0 Å². The molecule has 0 unspecified atom stereocenters. The van der Waals surface area contributed by atoms with Crippen molar-refractivity contribution < 1.29 is 14.7 Å². The first-order valence-electron chi connectivity index (χ1n) is 4.42. The summed E-state index contributed by atoms with van der Waals surface area (Å²) in [4.78, 5) is 29.1. The van der Waals surface area contributed by atoms with E-state index in [2.05, 4.69) is 25.9 Å². The van der Waals surface area contributed by atoms with Crippen LogP contribution in [-0.4, -0.2) is 26.8 Å². The molecule has 5 nitrogen and oxygen atoms in total. The Hall–Kier alpha value is -1.69. The second-order valence-corrected chi connectivity index (χ2v) is 4.03. The van der Waals surface area contributed by atoms with Gasteiger partial charge in [0.1, 0.15) is 4.60 Å². The summed E-state index contributed by atoms with van der Waals surface area (Å²) in [6, 6.07) is 1.61. The second-order valence-electron chi connectivity index (χ2n) is 3.28. The molecule has 0 saturated heterocycles. The zero-order valence-corrected chi connectivity index (χ0v) is 9.83. The molecule has 0 bridgehead atoms. The molecule has 82 valence electrons.